The Morgan fingerprint density at radius 2 is 2.56 bits per heavy atom. The molecule has 4 N–H and O–H groups in total. The van der Waals surface area contributed by atoms with E-state index in [-0.39, 0.29) is 0 Å². The van der Waals surface area contributed by atoms with Crippen molar-refractivity contribution in [2.24, 2.45) is 5.73 Å². The van der Waals surface area contributed by atoms with E-state index in [1.807, 2.05) is 0 Å². The maximum Gasteiger partial charge on any atom is 0.222 e. The minimum absolute atomic E-state index is 1.02. The second-order valence-corrected chi connectivity index (χ2v) is 1.93. The number of aliphatic hydroxyl groups is 1. The molecule has 0 aliphatic carbocycles. The summed E-state index contributed by atoms with van der Waals surface area (Å²) in [4.78, 5) is 4.68. The van der Waals surface area contributed by atoms with Crippen LogP contribution < -0.4 is 11.2 Å². The van der Waals surface area contributed by atoms with E-state index >= 15 is 0 Å². The smallest absolute Gasteiger partial charge is 0.222 e. The second-order valence-electron chi connectivity index (χ2n) is 1.93. The maximum absolute atomic E-state index is 8.99. The molecule has 0 amide bonds. The molecule has 1 atom stereocenters. The van der Waals surface area contributed by atoms with Gasteiger partial charge in [0, 0.05) is 0 Å². The van der Waals surface area contributed by atoms with E-state index in [0.717, 1.165) is 5.17 Å². The van der Waals surface area contributed by atoms with Gasteiger partial charge in [0.15, 0.2) is 0 Å². The Morgan fingerprint density at radius 3 is 2.78 bits per heavy atom. The van der Waals surface area contributed by atoms with Gasteiger partial charge in [-0.05, 0) is 12.1 Å². The molecule has 52 valence electrons. The van der Waals surface area contributed by atoms with E-state index in [9.17, 15) is 0 Å². The molecule has 5 heteroatoms. The molecule has 0 aromatic rings. The van der Waals surface area contributed by atoms with Crippen molar-refractivity contribution in [1.29, 1.82) is 0 Å². The van der Waals surface area contributed by atoms with Gasteiger partial charge in [-0.15, -0.1) is 0 Å². The lowest BCUT2D eigenvalue weighted by Crippen LogP contribution is -2.55. The van der Waals surface area contributed by atoms with Crippen LogP contribution in [0.1, 0.15) is 6.92 Å². The third kappa shape index (κ3) is 1.32. The summed E-state index contributed by atoms with van der Waals surface area (Å²) in [5.41, 5.74) is 7.75. The summed E-state index contributed by atoms with van der Waals surface area (Å²) < 4.78 is 0. The first-order valence-corrected chi connectivity index (χ1v) is 2.50. The van der Waals surface area contributed by atoms with Gasteiger partial charge in [0.1, 0.15) is 6.26 Å². The van der Waals surface area contributed by atoms with Crippen molar-refractivity contribution in [3.63, 3.8) is 0 Å². The van der Waals surface area contributed by atoms with Gasteiger partial charge < -0.3 is 9.94 Å². The number of hydrogen-bond acceptors (Lipinski definition) is 5. The first-order valence-electron chi connectivity index (χ1n) is 2.50. The fourth-order valence-corrected chi connectivity index (χ4v) is 0.457. The van der Waals surface area contributed by atoms with Crippen molar-refractivity contribution in [3.8, 4) is 0 Å². The van der Waals surface area contributed by atoms with E-state index < -0.39 is 5.85 Å². The average molecular weight is 131 g/mol. The number of hydrazine groups is 1. The molecule has 1 unspecified atom stereocenters. The number of rotatable bonds is 1. The molecule has 1 aliphatic heterocycles. The van der Waals surface area contributed by atoms with Gasteiger partial charge in [-0.3, -0.25) is 11.2 Å². The van der Waals surface area contributed by atoms with Crippen molar-refractivity contribution in [1.82, 2.24) is 10.6 Å². The number of hydrogen-bond donors (Lipinski definition) is 3. The molecule has 0 bridgehead atoms. The summed E-state index contributed by atoms with van der Waals surface area (Å²) in [7, 11) is 0. The molecule has 1 heterocycles. The van der Waals surface area contributed by atoms with Gasteiger partial charge in [-0.25, -0.2) is 0 Å². The zero-order valence-electron chi connectivity index (χ0n) is 5.03. The molecule has 9 heavy (non-hydrogen) atoms. The van der Waals surface area contributed by atoms with Crippen LogP contribution in [-0.4, -0.2) is 16.1 Å². The normalized spacial score (nSPS) is 24.8. The Labute approximate surface area is 52.6 Å². The SMILES string of the molecule is CC(N)(O)N1NC=CO1. The lowest BCUT2D eigenvalue weighted by atomic mass is 10.5. The van der Waals surface area contributed by atoms with Crippen molar-refractivity contribution in [2.45, 2.75) is 12.8 Å². The number of hydroxylamine groups is 1. The highest BCUT2D eigenvalue weighted by atomic mass is 16.7. The summed E-state index contributed by atoms with van der Waals surface area (Å²) in [5.74, 6) is -1.48. The highest BCUT2D eigenvalue weighted by molar-refractivity contribution is 4.75. The molecule has 1 aliphatic rings. The van der Waals surface area contributed by atoms with Crippen molar-refractivity contribution in [3.05, 3.63) is 12.5 Å². The monoisotopic (exact) mass is 131 g/mol. The van der Waals surface area contributed by atoms with Gasteiger partial charge in [-0.2, -0.15) is 0 Å². The third-order valence-corrected chi connectivity index (χ3v) is 0.837. The van der Waals surface area contributed by atoms with Crippen LogP contribution in [0.3, 0.4) is 0 Å². The number of nitrogens with zero attached hydrogens (tertiary/aromatic N) is 1. The minimum atomic E-state index is -1.48. The molecule has 1 rings (SSSR count). The minimum Gasteiger partial charge on any atom is -0.388 e. The Kier molecular flexibility index (Phi) is 1.32. The van der Waals surface area contributed by atoms with Crippen LogP contribution in [0.25, 0.3) is 0 Å². The van der Waals surface area contributed by atoms with Crippen LogP contribution in [0.15, 0.2) is 12.5 Å². The maximum atomic E-state index is 8.99. The van der Waals surface area contributed by atoms with Gasteiger partial charge >= 0.3 is 0 Å². The molecular formula is C4H9N3O2. The number of nitrogens with one attached hydrogen (secondary N) is 1. The van der Waals surface area contributed by atoms with E-state index in [0.29, 0.717) is 0 Å². The quantitative estimate of drug-likeness (QED) is 0.391. The third-order valence-electron chi connectivity index (χ3n) is 0.837. The zero-order valence-corrected chi connectivity index (χ0v) is 5.03. The van der Waals surface area contributed by atoms with Crippen LogP contribution in [0.4, 0.5) is 0 Å². The van der Waals surface area contributed by atoms with E-state index in [2.05, 4.69) is 10.3 Å². The molecular weight excluding hydrogens is 122 g/mol. The lowest BCUT2D eigenvalue weighted by molar-refractivity contribution is -0.265. The van der Waals surface area contributed by atoms with Crippen LogP contribution in [0, 0.1) is 0 Å². The second kappa shape index (κ2) is 1.87. The lowest BCUT2D eigenvalue weighted by Gasteiger charge is -2.26. The van der Waals surface area contributed by atoms with E-state index in [1.54, 1.807) is 0 Å². The van der Waals surface area contributed by atoms with Crippen LogP contribution >= 0.6 is 0 Å². The molecule has 0 saturated heterocycles. The summed E-state index contributed by atoms with van der Waals surface area (Å²) in [5, 5.41) is 10.0. The first-order chi connectivity index (χ1) is 4.11. The predicted molar refractivity (Wildman–Crippen MR) is 30.0 cm³/mol. The Hall–Kier alpha value is -0.780. The van der Waals surface area contributed by atoms with Crippen LogP contribution in [-0.2, 0) is 4.84 Å². The van der Waals surface area contributed by atoms with Crippen molar-refractivity contribution < 1.29 is 9.94 Å². The molecule has 0 radical (unpaired) electrons. The molecule has 0 saturated carbocycles. The van der Waals surface area contributed by atoms with Gasteiger partial charge in [0.05, 0.1) is 6.20 Å². The fourth-order valence-electron chi connectivity index (χ4n) is 0.457. The van der Waals surface area contributed by atoms with Crippen molar-refractivity contribution >= 4 is 0 Å². The summed E-state index contributed by atoms with van der Waals surface area (Å²) >= 11 is 0. The molecule has 0 spiro atoms. The summed E-state index contributed by atoms with van der Waals surface area (Å²) in [6.45, 7) is 1.40. The van der Waals surface area contributed by atoms with Gasteiger partial charge in [-0.1, -0.05) is 0 Å². The Balaban J connectivity index is 2.46. The van der Waals surface area contributed by atoms with Crippen LogP contribution in [0.5, 0.6) is 0 Å². The topological polar surface area (TPSA) is 70.8 Å². The summed E-state index contributed by atoms with van der Waals surface area (Å²) in [6.07, 6.45) is 2.89. The fraction of sp³-hybridized carbons (Fsp3) is 0.500. The molecule has 5 nitrogen and oxygen atoms in total. The van der Waals surface area contributed by atoms with Gasteiger partial charge in [0.2, 0.25) is 5.85 Å². The van der Waals surface area contributed by atoms with E-state index in [4.69, 9.17) is 10.8 Å². The average Bonchev–Trinajstić information content (AvgIpc) is 2.08. The molecule has 0 aromatic heterocycles. The Morgan fingerprint density at radius 1 is 1.89 bits per heavy atom. The van der Waals surface area contributed by atoms with Crippen LogP contribution in [0.2, 0.25) is 0 Å². The van der Waals surface area contributed by atoms with Gasteiger partial charge in [0.25, 0.3) is 0 Å². The highest BCUT2D eigenvalue weighted by Gasteiger charge is 2.26. The summed E-state index contributed by atoms with van der Waals surface area (Å²) in [6, 6.07) is 0. The molecule has 0 aromatic carbocycles. The van der Waals surface area contributed by atoms with Crippen molar-refractivity contribution in [2.75, 3.05) is 0 Å². The standard InChI is InChI=1S/C4H9N3O2/c1-4(5,8)7-6-2-3-9-7/h2-3,6,8H,5H2,1H3. The number of nitrogens with two attached hydrogens (primary N) is 1. The van der Waals surface area contributed by atoms with E-state index in [1.165, 1.54) is 19.4 Å². The predicted octanol–water partition coefficient (Wildman–Crippen LogP) is -1.17. The highest BCUT2D eigenvalue weighted by Crippen LogP contribution is 2.04. The first kappa shape index (κ1) is 6.34. The largest absolute Gasteiger partial charge is 0.388 e. The zero-order chi connectivity index (χ0) is 6.91. The Bertz CT molecular complexity index is 120. The molecule has 0 fully saturated rings.